The van der Waals surface area contributed by atoms with E-state index in [0.717, 1.165) is 5.56 Å². The Labute approximate surface area is 295 Å². The van der Waals surface area contributed by atoms with E-state index in [-0.39, 0.29) is 19.1 Å². The summed E-state index contributed by atoms with van der Waals surface area (Å²) in [6.45, 7) is 2.51. The summed E-state index contributed by atoms with van der Waals surface area (Å²) < 4.78 is 40.6. The third-order valence-electron chi connectivity index (χ3n) is 9.74. The molecule has 4 aliphatic heterocycles. The van der Waals surface area contributed by atoms with Gasteiger partial charge in [0.1, 0.15) is 73.2 Å². The third-order valence-corrected chi connectivity index (χ3v) is 9.74. The molecule has 0 saturated carbocycles. The van der Waals surface area contributed by atoms with E-state index in [9.17, 15) is 51.1 Å². The molecule has 0 aliphatic carbocycles. The highest BCUT2D eigenvalue weighted by Crippen LogP contribution is 2.33. The van der Waals surface area contributed by atoms with Crippen molar-refractivity contribution in [3.05, 3.63) is 35.9 Å². The van der Waals surface area contributed by atoms with Crippen LogP contribution in [-0.4, -0.2) is 200 Å². The van der Waals surface area contributed by atoms with Gasteiger partial charge in [0, 0.05) is 19.6 Å². The lowest BCUT2D eigenvalue weighted by atomic mass is 9.89. The normalized spacial score (nSPS) is 44.1. The molecule has 18 heteroatoms. The summed E-state index contributed by atoms with van der Waals surface area (Å²) in [4.78, 5) is 2.00. The summed E-state index contributed by atoms with van der Waals surface area (Å²) in [7, 11) is 0. The van der Waals surface area contributed by atoms with E-state index in [1.165, 1.54) is 0 Å². The molecule has 18 nitrogen and oxygen atoms in total. The fraction of sp³-hybridized carbons (Fsp3) is 0.818. The summed E-state index contributed by atoms with van der Waals surface area (Å²) >= 11 is 0. The van der Waals surface area contributed by atoms with E-state index in [2.05, 4.69) is 0 Å². The van der Waals surface area contributed by atoms with E-state index >= 15 is 0 Å². The lowest BCUT2D eigenvalue weighted by molar-refractivity contribution is -0.354. The summed E-state index contributed by atoms with van der Waals surface area (Å²) in [6.07, 6.45) is -23.9. The molecule has 17 atom stereocenters. The molecule has 17 unspecified atom stereocenters. The number of ether oxygens (including phenoxy) is 7. The Balaban J connectivity index is 1.26. The second-order valence-corrected chi connectivity index (χ2v) is 13.9. The molecule has 0 radical (unpaired) electrons. The SMILES string of the molecule is CC(C)C1OC(COC2OC(CO)C(O)C(OC3CN(Cc4ccccc4)CC(CO)O3)C2O)C(O)C(OC2OC(CO)C(O)C(O)C2O)C1O. The topological polar surface area (TPSA) is 270 Å². The maximum Gasteiger partial charge on any atom is 0.187 e. The lowest BCUT2D eigenvalue weighted by Crippen LogP contribution is -2.65. The number of rotatable bonds is 13. The average molecular weight is 736 g/mol. The second-order valence-electron chi connectivity index (χ2n) is 13.9. The number of hydrogen-bond donors (Lipinski definition) is 10. The van der Waals surface area contributed by atoms with Crippen molar-refractivity contribution in [1.82, 2.24) is 4.90 Å². The van der Waals surface area contributed by atoms with Crippen molar-refractivity contribution in [3.8, 4) is 0 Å². The molecular formula is C33H53NO17. The Bertz CT molecular complexity index is 1190. The number of benzene rings is 1. The highest BCUT2D eigenvalue weighted by atomic mass is 16.7. The van der Waals surface area contributed by atoms with Crippen LogP contribution >= 0.6 is 0 Å². The smallest absolute Gasteiger partial charge is 0.187 e. The van der Waals surface area contributed by atoms with Gasteiger partial charge in [-0.25, -0.2) is 0 Å². The van der Waals surface area contributed by atoms with E-state index in [1.807, 2.05) is 35.2 Å². The zero-order chi connectivity index (χ0) is 37.0. The molecule has 0 amide bonds. The van der Waals surface area contributed by atoms with Gasteiger partial charge in [-0.3, -0.25) is 4.90 Å². The van der Waals surface area contributed by atoms with Crippen LogP contribution in [0.2, 0.25) is 0 Å². The first-order chi connectivity index (χ1) is 24.4. The molecule has 0 aromatic heterocycles. The molecule has 51 heavy (non-hydrogen) atoms. The van der Waals surface area contributed by atoms with Crippen LogP contribution in [0.25, 0.3) is 0 Å². The van der Waals surface area contributed by atoms with E-state index in [0.29, 0.717) is 13.1 Å². The van der Waals surface area contributed by atoms with Gasteiger partial charge in [0.15, 0.2) is 18.9 Å². The number of morpholine rings is 1. The van der Waals surface area contributed by atoms with Crippen molar-refractivity contribution in [1.29, 1.82) is 0 Å². The molecule has 4 fully saturated rings. The van der Waals surface area contributed by atoms with E-state index < -0.39 is 124 Å². The van der Waals surface area contributed by atoms with Crippen LogP contribution in [0.1, 0.15) is 19.4 Å². The van der Waals surface area contributed by atoms with Gasteiger partial charge in [-0.2, -0.15) is 0 Å². The minimum atomic E-state index is -1.80. The summed E-state index contributed by atoms with van der Waals surface area (Å²) in [5.74, 6) is -0.334. The minimum absolute atomic E-state index is 0.231. The van der Waals surface area contributed by atoms with Crippen LogP contribution in [0.15, 0.2) is 30.3 Å². The third kappa shape index (κ3) is 9.42. The molecular weight excluding hydrogens is 682 g/mol. The van der Waals surface area contributed by atoms with Gasteiger partial charge in [-0.1, -0.05) is 44.2 Å². The molecule has 292 valence electrons. The molecule has 0 bridgehead atoms. The zero-order valence-electron chi connectivity index (χ0n) is 28.5. The highest BCUT2D eigenvalue weighted by Gasteiger charge is 2.52. The molecule has 10 N–H and O–H groups in total. The predicted octanol–water partition coefficient (Wildman–Crippen LogP) is -4.62. The van der Waals surface area contributed by atoms with Crippen LogP contribution in [-0.2, 0) is 39.7 Å². The van der Waals surface area contributed by atoms with Crippen molar-refractivity contribution in [3.63, 3.8) is 0 Å². The summed E-state index contributed by atoms with van der Waals surface area (Å²) in [6, 6.07) is 9.64. The molecule has 4 heterocycles. The Morgan fingerprint density at radius 3 is 1.92 bits per heavy atom. The van der Waals surface area contributed by atoms with Crippen LogP contribution in [0.4, 0.5) is 0 Å². The lowest BCUT2D eigenvalue weighted by Gasteiger charge is -2.48. The summed E-state index contributed by atoms with van der Waals surface area (Å²) in [5.41, 5.74) is 1.02. The molecule has 1 aromatic rings. The molecule has 4 aliphatic rings. The average Bonchev–Trinajstić information content (AvgIpc) is 3.12. The van der Waals surface area contributed by atoms with Gasteiger partial charge in [0.2, 0.25) is 0 Å². The Kier molecular flexibility index (Phi) is 14.5. The highest BCUT2D eigenvalue weighted by molar-refractivity contribution is 5.14. The monoisotopic (exact) mass is 735 g/mol. The van der Waals surface area contributed by atoms with Crippen molar-refractivity contribution >= 4 is 0 Å². The van der Waals surface area contributed by atoms with Crippen LogP contribution < -0.4 is 0 Å². The quantitative estimate of drug-likeness (QED) is 0.0913. The Morgan fingerprint density at radius 1 is 0.647 bits per heavy atom. The molecule has 1 aromatic carbocycles. The molecule has 0 spiro atoms. The number of hydrogen-bond acceptors (Lipinski definition) is 18. The van der Waals surface area contributed by atoms with Gasteiger partial charge in [-0.15, -0.1) is 0 Å². The van der Waals surface area contributed by atoms with Crippen molar-refractivity contribution < 1.29 is 84.2 Å². The standard InChI is InChI=1S/C33H53NO17/c1-15(2)29-27(43)30(51-33-26(42)25(41)22(38)18(12-36)49-33)24(40)20(47-29)14-45-32-28(44)31(23(39)19(13-37)48-32)50-21-10-34(9-17(11-35)46-21)8-16-6-4-3-5-7-16/h3-7,15,17-33,35-44H,8-14H2,1-2H3. The van der Waals surface area contributed by atoms with E-state index in [4.69, 9.17) is 33.2 Å². The second kappa shape index (κ2) is 18.2. The van der Waals surface area contributed by atoms with Crippen LogP contribution in [0.5, 0.6) is 0 Å². The van der Waals surface area contributed by atoms with Crippen LogP contribution in [0, 0.1) is 5.92 Å². The maximum absolute atomic E-state index is 11.3. The minimum Gasteiger partial charge on any atom is -0.394 e. The van der Waals surface area contributed by atoms with E-state index in [1.54, 1.807) is 13.8 Å². The largest absolute Gasteiger partial charge is 0.394 e. The first-order valence-electron chi connectivity index (χ1n) is 17.3. The first-order valence-corrected chi connectivity index (χ1v) is 17.3. The maximum atomic E-state index is 11.3. The summed E-state index contributed by atoms with van der Waals surface area (Å²) in [5, 5.41) is 105. The van der Waals surface area contributed by atoms with Gasteiger partial charge in [-0.05, 0) is 11.5 Å². The molecule has 5 rings (SSSR count). The fourth-order valence-corrected chi connectivity index (χ4v) is 6.89. The van der Waals surface area contributed by atoms with Gasteiger partial charge in [0.25, 0.3) is 0 Å². The van der Waals surface area contributed by atoms with Crippen LogP contribution in [0.3, 0.4) is 0 Å². The Hall–Kier alpha value is -1.50. The van der Waals surface area contributed by atoms with Gasteiger partial charge >= 0.3 is 0 Å². The van der Waals surface area contributed by atoms with Gasteiger partial charge < -0.3 is 84.2 Å². The number of nitrogens with zero attached hydrogens (tertiary/aromatic N) is 1. The number of aliphatic hydroxyl groups excluding tert-OH is 10. The number of aliphatic hydroxyl groups is 10. The Morgan fingerprint density at radius 2 is 1.27 bits per heavy atom. The molecule has 4 saturated heterocycles. The zero-order valence-corrected chi connectivity index (χ0v) is 28.5. The predicted molar refractivity (Wildman–Crippen MR) is 170 cm³/mol. The first kappa shape index (κ1) is 40.7. The van der Waals surface area contributed by atoms with Crippen molar-refractivity contribution in [2.45, 2.75) is 125 Å². The fourth-order valence-electron chi connectivity index (χ4n) is 6.89. The van der Waals surface area contributed by atoms with Gasteiger partial charge in [0.05, 0.1) is 38.6 Å². The van der Waals surface area contributed by atoms with Crippen molar-refractivity contribution in [2.24, 2.45) is 5.92 Å². The van der Waals surface area contributed by atoms with Crippen molar-refractivity contribution in [2.75, 3.05) is 39.5 Å².